The van der Waals surface area contributed by atoms with Crippen LogP contribution in [0.1, 0.15) is 44.9 Å². The highest BCUT2D eigenvalue weighted by Crippen LogP contribution is 2.19. The molecule has 3 N–H and O–H groups in total. The van der Waals surface area contributed by atoms with Gasteiger partial charge in [-0.3, -0.25) is 4.79 Å². The molecular weight excluding hydrogens is 252 g/mol. The lowest BCUT2D eigenvalue weighted by Gasteiger charge is -2.27. The number of carbonyl (C=O) groups is 1. The van der Waals surface area contributed by atoms with Gasteiger partial charge in [-0.15, -0.1) is 0 Å². The molecule has 0 aliphatic carbocycles. The van der Waals surface area contributed by atoms with E-state index in [-0.39, 0.29) is 17.6 Å². The summed E-state index contributed by atoms with van der Waals surface area (Å²) in [5.74, 6) is -0.125. The number of ether oxygens (including phenoxy) is 1. The van der Waals surface area contributed by atoms with Crippen molar-refractivity contribution in [2.45, 2.75) is 51.8 Å². The van der Waals surface area contributed by atoms with Crippen molar-refractivity contribution >= 4 is 5.91 Å². The summed E-state index contributed by atoms with van der Waals surface area (Å²) in [5.41, 5.74) is 7.58. The molecule has 112 valence electrons. The Kier molecular flexibility index (Phi) is 5.72. The first kappa shape index (κ1) is 16.7. The summed E-state index contributed by atoms with van der Waals surface area (Å²) in [4.78, 5) is 11.7. The number of nitrogens with one attached hydrogen (secondary N) is 1. The smallest absolute Gasteiger partial charge is 0.237 e. The minimum atomic E-state index is -0.487. The average Bonchev–Trinajstić information content (AvgIpc) is 2.37. The van der Waals surface area contributed by atoms with E-state index < -0.39 is 6.04 Å². The summed E-state index contributed by atoms with van der Waals surface area (Å²) >= 11 is 0. The van der Waals surface area contributed by atoms with E-state index in [0.29, 0.717) is 0 Å². The first-order valence-corrected chi connectivity index (χ1v) is 6.94. The van der Waals surface area contributed by atoms with E-state index in [0.717, 1.165) is 12.0 Å². The van der Waals surface area contributed by atoms with Crippen molar-refractivity contribution in [1.29, 1.82) is 0 Å². The van der Waals surface area contributed by atoms with Gasteiger partial charge in [0.2, 0.25) is 5.91 Å². The zero-order valence-corrected chi connectivity index (χ0v) is 13.1. The van der Waals surface area contributed by atoms with E-state index in [2.05, 4.69) is 29.6 Å². The van der Waals surface area contributed by atoms with E-state index in [4.69, 9.17) is 10.5 Å². The van der Waals surface area contributed by atoms with Crippen molar-refractivity contribution < 1.29 is 9.53 Å². The second kappa shape index (κ2) is 6.86. The Bertz CT molecular complexity index is 438. The summed E-state index contributed by atoms with van der Waals surface area (Å²) in [7, 11) is 1.70. The number of carbonyl (C=O) groups excluding carboxylic acids is 1. The molecule has 0 heterocycles. The molecule has 0 aromatic heterocycles. The first-order chi connectivity index (χ1) is 9.25. The monoisotopic (exact) mass is 278 g/mol. The van der Waals surface area contributed by atoms with Crippen molar-refractivity contribution in [3.8, 4) is 0 Å². The van der Waals surface area contributed by atoms with Gasteiger partial charge >= 0.3 is 0 Å². The van der Waals surface area contributed by atoms with Crippen LogP contribution in [-0.2, 0) is 16.0 Å². The molecule has 1 unspecified atom stereocenters. The van der Waals surface area contributed by atoms with E-state index in [1.54, 1.807) is 14.0 Å². The minimum absolute atomic E-state index is 0.0925. The van der Waals surface area contributed by atoms with E-state index in [1.807, 2.05) is 20.8 Å². The van der Waals surface area contributed by atoms with E-state index in [9.17, 15) is 4.79 Å². The first-order valence-electron chi connectivity index (χ1n) is 6.94. The molecule has 0 radical (unpaired) electrons. The normalized spacial score (nSPS) is 14.7. The molecule has 20 heavy (non-hydrogen) atoms. The molecule has 2 atom stereocenters. The largest absolute Gasteiger partial charge is 0.377 e. The van der Waals surface area contributed by atoms with Crippen LogP contribution >= 0.6 is 0 Å². The third kappa shape index (κ3) is 4.94. The highest BCUT2D eigenvalue weighted by Gasteiger charge is 2.22. The van der Waals surface area contributed by atoms with Gasteiger partial charge in [0, 0.05) is 12.6 Å². The van der Waals surface area contributed by atoms with Crippen LogP contribution in [0.25, 0.3) is 0 Å². The van der Waals surface area contributed by atoms with Gasteiger partial charge in [0.25, 0.3) is 0 Å². The Morgan fingerprint density at radius 2 is 1.85 bits per heavy atom. The van der Waals surface area contributed by atoms with Crippen molar-refractivity contribution in [3.63, 3.8) is 0 Å². The molecule has 0 saturated heterocycles. The summed E-state index contributed by atoms with van der Waals surface area (Å²) < 4.78 is 5.29. The molecule has 1 amide bonds. The number of hydrogen-bond acceptors (Lipinski definition) is 3. The Morgan fingerprint density at radius 1 is 1.30 bits per heavy atom. The van der Waals surface area contributed by atoms with Gasteiger partial charge in [-0.25, -0.2) is 0 Å². The molecule has 0 spiro atoms. The average molecular weight is 278 g/mol. The van der Waals surface area contributed by atoms with Crippen LogP contribution in [0.3, 0.4) is 0 Å². The second-order valence-corrected chi connectivity index (χ2v) is 5.96. The molecule has 0 saturated carbocycles. The SMILES string of the molecule is COC(C)c1ccc(CC(C)(C)NC(=O)[C@H](C)N)cc1. The maximum atomic E-state index is 11.7. The Hall–Kier alpha value is -1.39. The van der Waals surface area contributed by atoms with Crippen molar-refractivity contribution in [3.05, 3.63) is 35.4 Å². The zero-order chi connectivity index (χ0) is 15.3. The summed E-state index contributed by atoms with van der Waals surface area (Å²) in [6, 6.07) is 7.79. The third-order valence-electron chi connectivity index (χ3n) is 3.32. The highest BCUT2D eigenvalue weighted by atomic mass is 16.5. The predicted molar refractivity (Wildman–Crippen MR) is 81.4 cm³/mol. The lowest BCUT2D eigenvalue weighted by atomic mass is 9.93. The van der Waals surface area contributed by atoms with Gasteiger partial charge in [-0.05, 0) is 45.2 Å². The third-order valence-corrected chi connectivity index (χ3v) is 3.32. The fourth-order valence-electron chi connectivity index (χ4n) is 2.04. The quantitative estimate of drug-likeness (QED) is 0.838. The summed E-state index contributed by atoms with van der Waals surface area (Å²) in [6.45, 7) is 7.70. The molecular formula is C16H26N2O2. The van der Waals surface area contributed by atoms with E-state index in [1.165, 1.54) is 5.56 Å². The van der Waals surface area contributed by atoms with Crippen molar-refractivity contribution in [2.75, 3.05) is 7.11 Å². The number of amides is 1. The van der Waals surface area contributed by atoms with Crippen LogP contribution in [0, 0.1) is 0 Å². The summed E-state index contributed by atoms with van der Waals surface area (Å²) in [5, 5.41) is 2.96. The molecule has 0 bridgehead atoms. The van der Waals surface area contributed by atoms with Gasteiger partial charge < -0.3 is 15.8 Å². The Morgan fingerprint density at radius 3 is 2.30 bits per heavy atom. The van der Waals surface area contributed by atoms with E-state index >= 15 is 0 Å². The molecule has 4 heteroatoms. The highest BCUT2D eigenvalue weighted by molar-refractivity contribution is 5.81. The standard InChI is InChI=1S/C16H26N2O2/c1-11(17)15(19)18-16(3,4)10-13-6-8-14(9-7-13)12(2)20-5/h6-9,11-12H,10,17H2,1-5H3,(H,18,19)/t11-,12?/m0/s1. The zero-order valence-electron chi connectivity index (χ0n) is 13.1. The van der Waals surface area contributed by atoms with Gasteiger partial charge in [0.05, 0.1) is 12.1 Å². The van der Waals surface area contributed by atoms with Crippen LogP contribution in [0.5, 0.6) is 0 Å². The van der Waals surface area contributed by atoms with Gasteiger partial charge in [0.15, 0.2) is 0 Å². The van der Waals surface area contributed by atoms with Crippen molar-refractivity contribution in [2.24, 2.45) is 5.73 Å². The Labute approximate surface area is 121 Å². The van der Waals surface area contributed by atoms with Gasteiger partial charge in [0.1, 0.15) is 0 Å². The fourth-order valence-corrected chi connectivity index (χ4v) is 2.04. The molecule has 0 aliphatic rings. The fraction of sp³-hybridized carbons (Fsp3) is 0.562. The van der Waals surface area contributed by atoms with Crippen LogP contribution in [0.15, 0.2) is 24.3 Å². The number of hydrogen-bond donors (Lipinski definition) is 2. The molecule has 0 fully saturated rings. The van der Waals surface area contributed by atoms with Crippen molar-refractivity contribution in [1.82, 2.24) is 5.32 Å². The van der Waals surface area contributed by atoms with Crippen LogP contribution in [0.2, 0.25) is 0 Å². The number of benzene rings is 1. The minimum Gasteiger partial charge on any atom is -0.377 e. The number of methoxy groups -OCH3 is 1. The van der Waals surface area contributed by atoms with Gasteiger partial charge in [-0.2, -0.15) is 0 Å². The molecule has 1 rings (SSSR count). The summed E-state index contributed by atoms with van der Waals surface area (Å²) in [6.07, 6.45) is 0.850. The van der Waals surface area contributed by atoms with Crippen LogP contribution in [-0.4, -0.2) is 24.6 Å². The number of rotatable bonds is 6. The topological polar surface area (TPSA) is 64.3 Å². The number of nitrogens with two attached hydrogens (primary N) is 1. The molecule has 1 aromatic rings. The molecule has 4 nitrogen and oxygen atoms in total. The van der Waals surface area contributed by atoms with Crippen LogP contribution in [0.4, 0.5) is 0 Å². The van der Waals surface area contributed by atoms with Crippen LogP contribution < -0.4 is 11.1 Å². The Balaban J connectivity index is 2.70. The predicted octanol–water partition coefficient (Wildman–Crippen LogP) is 2.18. The lowest BCUT2D eigenvalue weighted by Crippen LogP contribution is -2.50. The lowest BCUT2D eigenvalue weighted by molar-refractivity contribution is -0.123. The van der Waals surface area contributed by atoms with Gasteiger partial charge in [-0.1, -0.05) is 24.3 Å². The molecule has 0 aliphatic heterocycles. The maximum absolute atomic E-state index is 11.7. The second-order valence-electron chi connectivity index (χ2n) is 5.96. The maximum Gasteiger partial charge on any atom is 0.237 e. The molecule has 1 aromatic carbocycles.